The largest absolute Gasteiger partial charge is 0.497 e. The number of halogens is 1. The minimum absolute atomic E-state index is 0.107. The van der Waals surface area contributed by atoms with Crippen LogP contribution in [0.15, 0.2) is 23.1 Å². The highest BCUT2D eigenvalue weighted by molar-refractivity contribution is 6.30. The molecule has 0 amide bonds. The molecule has 2 aromatic heterocycles. The third-order valence-corrected chi connectivity index (χ3v) is 2.89. The fourth-order valence-electron chi connectivity index (χ4n) is 1.72. The van der Waals surface area contributed by atoms with Crippen LogP contribution in [0, 0.1) is 0 Å². The quantitative estimate of drug-likeness (QED) is 0.788. The van der Waals surface area contributed by atoms with Crippen molar-refractivity contribution in [1.82, 2.24) is 9.38 Å². The highest BCUT2D eigenvalue weighted by atomic mass is 35.5. The number of rotatable bonds is 3. The van der Waals surface area contributed by atoms with E-state index in [4.69, 9.17) is 16.3 Å². The molecule has 0 radical (unpaired) electrons. The monoisotopic (exact) mass is 252 g/mol. The van der Waals surface area contributed by atoms with Gasteiger partial charge in [0.2, 0.25) is 0 Å². The Morgan fingerprint density at radius 1 is 1.53 bits per heavy atom. The lowest BCUT2D eigenvalue weighted by molar-refractivity contribution is 0.414. The Bertz CT molecular complexity index is 607. The standard InChI is InChI=1S/C12H13ClN2O2/c1-3-4-9-11(13)14-10-7-8(17-2)5-6-15(10)12(9)16/h5-7H,3-4H2,1-2H3. The molecule has 0 fully saturated rings. The predicted octanol–water partition coefficient (Wildman–Crippen LogP) is 2.31. The van der Waals surface area contributed by atoms with Crippen molar-refractivity contribution in [2.45, 2.75) is 19.8 Å². The zero-order valence-corrected chi connectivity index (χ0v) is 10.5. The molecule has 0 aliphatic carbocycles. The maximum absolute atomic E-state index is 12.1. The molecule has 90 valence electrons. The van der Waals surface area contributed by atoms with Crippen LogP contribution in [0.5, 0.6) is 5.75 Å². The Morgan fingerprint density at radius 3 is 2.94 bits per heavy atom. The summed E-state index contributed by atoms with van der Waals surface area (Å²) in [5, 5.41) is 0.283. The van der Waals surface area contributed by atoms with Crippen LogP contribution in [0.4, 0.5) is 0 Å². The lowest BCUT2D eigenvalue weighted by Crippen LogP contribution is -2.20. The van der Waals surface area contributed by atoms with E-state index in [1.807, 2.05) is 6.92 Å². The molecular formula is C12H13ClN2O2. The number of fused-ring (bicyclic) bond motifs is 1. The Balaban J connectivity index is 2.72. The smallest absolute Gasteiger partial charge is 0.262 e. The van der Waals surface area contributed by atoms with Gasteiger partial charge in [-0.25, -0.2) is 4.98 Å². The van der Waals surface area contributed by atoms with E-state index in [1.54, 1.807) is 25.4 Å². The molecule has 2 aromatic rings. The van der Waals surface area contributed by atoms with E-state index in [-0.39, 0.29) is 10.7 Å². The van der Waals surface area contributed by atoms with Gasteiger partial charge in [-0.1, -0.05) is 24.9 Å². The summed E-state index contributed by atoms with van der Waals surface area (Å²) in [6, 6.07) is 3.41. The number of hydrogen-bond acceptors (Lipinski definition) is 3. The van der Waals surface area contributed by atoms with Gasteiger partial charge in [0.25, 0.3) is 5.56 Å². The molecule has 0 N–H and O–H groups in total. The summed E-state index contributed by atoms with van der Waals surface area (Å²) in [5.74, 6) is 0.649. The van der Waals surface area contributed by atoms with E-state index in [0.717, 1.165) is 6.42 Å². The van der Waals surface area contributed by atoms with Crippen LogP contribution in [-0.4, -0.2) is 16.5 Å². The molecule has 0 aromatic carbocycles. The minimum atomic E-state index is -0.107. The van der Waals surface area contributed by atoms with Gasteiger partial charge in [-0.05, 0) is 12.5 Å². The van der Waals surface area contributed by atoms with Crippen molar-refractivity contribution in [3.8, 4) is 5.75 Å². The maximum atomic E-state index is 12.1. The van der Waals surface area contributed by atoms with E-state index in [9.17, 15) is 4.79 Å². The van der Waals surface area contributed by atoms with Gasteiger partial charge in [-0.2, -0.15) is 0 Å². The number of aromatic nitrogens is 2. The highest BCUT2D eigenvalue weighted by Crippen LogP contribution is 2.16. The summed E-state index contributed by atoms with van der Waals surface area (Å²) < 4.78 is 6.57. The van der Waals surface area contributed by atoms with Gasteiger partial charge >= 0.3 is 0 Å². The molecule has 0 aliphatic heterocycles. The molecule has 0 aliphatic rings. The number of methoxy groups -OCH3 is 1. The minimum Gasteiger partial charge on any atom is -0.497 e. The molecular weight excluding hydrogens is 240 g/mol. The summed E-state index contributed by atoms with van der Waals surface area (Å²) >= 11 is 6.02. The average molecular weight is 253 g/mol. The van der Waals surface area contributed by atoms with Gasteiger partial charge in [-0.15, -0.1) is 0 Å². The van der Waals surface area contributed by atoms with Crippen molar-refractivity contribution in [3.63, 3.8) is 0 Å². The molecule has 0 saturated carbocycles. The molecule has 0 atom stereocenters. The normalized spacial score (nSPS) is 10.8. The van der Waals surface area contributed by atoms with Gasteiger partial charge in [0.05, 0.1) is 12.7 Å². The van der Waals surface area contributed by atoms with Crippen molar-refractivity contribution in [1.29, 1.82) is 0 Å². The van der Waals surface area contributed by atoms with Crippen LogP contribution in [-0.2, 0) is 6.42 Å². The first-order valence-electron chi connectivity index (χ1n) is 5.42. The fraction of sp³-hybridized carbons (Fsp3) is 0.333. The van der Waals surface area contributed by atoms with Crippen LogP contribution in [0.3, 0.4) is 0 Å². The Kier molecular flexibility index (Phi) is 3.33. The van der Waals surface area contributed by atoms with Crippen LogP contribution in [0.1, 0.15) is 18.9 Å². The third kappa shape index (κ3) is 2.13. The SMILES string of the molecule is CCCc1c(Cl)nc2cc(OC)ccn2c1=O. The van der Waals surface area contributed by atoms with Crippen LogP contribution in [0.25, 0.3) is 5.65 Å². The van der Waals surface area contributed by atoms with E-state index in [0.29, 0.717) is 23.4 Å². The third-order valence-electron chi connectivity index (χ3n) is 2.58. The molecule has 17 heavy (non-hydrogen) atoms. The molecule has 2 heterocycles. The van der Waals surface area contributed by atoms with E-state index >= 15 is 0 Å². The van der Waals surface area contributed by atoms with Gasteiger partial charge in [0.15, 0.2) is 0 Å². The molecule has 0 spiro atoms. The summed E-state index contributed by atoms with van der Waals surface area (Å²) in [6.45, 7) is 2.00. The number of pyridine rings is 1. The highest BCUT2D eigenvalue weighted by Gasteiger charge is 2.10. The van der Waals surface area contributed by atoms with Gasteiger partial charge in [0.1, 0.15) is 16.5 Å². The van der Waals surface area contributed by atoms with Crippen molar-refractivity contribution < 1.29 is 4.74 Å². The topological polar surface area (TPSA) is 43.6 Å². The second-order valence-electron chi connectivity index (χ2n) is 3.73. The van der Waals surface area contributed by atoms with Crippen LogP contribution < -0.4 is 10.3 Å². The van der Waals surface area contributed by atoms with Crippen molar-refractivity contribution in [2.75, 3.05) is 7.11 Å². The first-order valence-corrected chi connectivity index (χ1v) is 5.80. The molecule has 0 saturated heterocycles. The first kappa shape index (κ1) is 11.9. The number of ether oxygens (including phenoxy) is 1. The van der Waals surface area contributed by atoms with E-state index in [2.05, 4.69) is 4.98 Å². The molecule has 0 unspecified atom stereocenters. The zero-order chi connectivity index (χ0) is 12.4. The second-order valence-corrected chi connectivity index (χ2v) is 4.09. The van der Waals surface area contributed by atoms with Crippen molar-refractivity contribution >= 4 is 17.2 Å². The Morgan fingerprint density at radius 2 is 2.29 bits per heavy atom. The van der Waals surface area contributed by atoms with Crippen molar-refractivity contribution in [3.05, 3.63) is 39.4 Å². The zero-order valence-electron chi connectivity index (χ0n) is 9.74. The lowest BCUT2D eigenvalue weighted by Gasteiger charge is -2.07. The van der Waals surface area contributed by atoms with Gasteiger partial charge in [-0.3, -0.25) is 9.20 Å². The van der Waals surface area contributed by atoms with Gasteiger partial charge < -0.3 is 4.74 Å². The predicted molar refractivity (Wildman–Crippen MR) is 67.0 cm³/mol. The molecule has 0 bridgehead atoms. The second kappa shape index (κ2) is 4.75. The summed E-state index contributed by atoms with van der Waals surface area (Å²) in [5.41, 5.74) is 0.959. The number of nitrogens with zero attached hydrogens (tertiary/aromatic N) is 2. The Labute approximate surface area is 104 Å². The molecule has 4 nitrogen and oxygen atoms in total. The summed E-state index contributed by atoms with van der Waals surface area (Å²) in [7, 11) is 1.57. The average Bonchev–Trinajstić information content (AvgIpc) is 2.33. The fourth-order valence-corrected chi connectivity index (χ4v) is 1.98. The van der Waals surface area contributed by atoms with Crippen LogP contribution >= 0.6 is 11.6 Å². The maximum Gasteiger partial charge on any atom is 0.262 e. The lowest BCUT2D eigenvalue weighted by atomic mass is 10.2. The Hall–Kier alpha value is -1.55. The molecule has 2 rings (SSSR count). The summed E-state index contributed by atoms with van der Waals surface area (Å²) in [6.07, 6.45) is 3.15. The molecule has 5 heteroatoms. The first-order chi connectivity index (χ1) is 8.17. The number of hydrogen-bond donors (Lipinski definition) is 0. The van der Waals surface area contributed by atoms with Crippen molar-refractivity contribution in [2.24, 2.45) is 0 Å². The van der Waals surface area contributed by atoms with E-state index < -0.39 is 0 Å². The summed E-state index contributed by atoms with van der Waals surface area (Å²) in [4.78, 5) is 16.3. The van der Waals surface area contributed by atoms with Crippen LogP contribution in [0.2, 0.25) is 5.15 Å². The van der Waals surface area contributed by atoms with Gasteiger partial charge in [0, 0.05) is 12.3 Å². The van der Waals surface area contributed by atoms with E-state index in [1.165, 1.54) is 4.40 Å².